The van der Waals surface area contributed by atoms with Crippen LogP contribution in [0.1, 0.15) is 18.9 Å². The SMILES string of the molecule is CCCc1ccc2[cH-]c(-c3ccccc3)cc2c1-c1ccccc1-c1ccccc1.[Cl][Zr][Cl]. The summed E-state index contributed by atoms with van der Waals surface area (Å²) in [6.07, 6.45) is 2.22. The number of fused-ring (bicyclic) bond motifs is 1. The number of hydrogen-bond donors (Lipinski definition) is 0. The fourth-order valence-corrected chi connectivity index (χ4v) is 4.49. The Labute approximate surface area is 215 Å². The second-order valence-electron chi connectivity index (χ2n) is 7.95. The molecule has 0 atom stereocenters. The maximum absolute atomic E-state index is 4.93. The molecule has 0 aliphatic heterocycles. The van der Waals surface area contributed by atoms with Gasteiger partial charge in [-0.2, -0.15) is 0 Å². The molecular weight excluding hydrogens is 522 g/mol. The van der Waals surface area contributed by atoms with Gasteiger partial charge in [0.2, 0.25) is 0 Å². The zero-order valence-corrected chi connectivity index (χ0v) is 22.5. The van der Waals surface area contributed by atoms with Crippen LogP contribution in [0.3, 0.4) is 0 Å². The van der Waals surface area contributed by atoms with Crippen molar-refractivity contribution in [1.29, 1.82) is 0 Å². The van der Waals surface area contributed by atoms with E-state index < -0.39 is 20.8 Å². The van der Waals surface area contributed by atoms with Crippen LogP contribution in [0.5, 0.6) is 0 Å². The van der Waals surface area contributed by atoms with E-state index in [1.54, 1.807) is 0 Å². The molecule has 5 aromatic carbocycles. The first-order valence-electron chi connectivity index (χ1n) is 11.2. The van der Waals surface area contributed by atoms with E-state index >= 15 is 0 Å². The molecule has 0 saturated carbocycles. The van der Waals surface area contributed by atoms with Gasteiger partial charge in [-0.3, -0.25) is 0 Å². The van der Waals surface area contributed by atoms with Crippen LogP contribution in [0.2, 0.25) is 0 Å². The molecule has 5 rings (SSSR count). The van der Waals surface area contributed by atoms with Gasteiger partial charge in [0.25, 0.3) is 0 Å². The second-order valence-corrected chi connectivity index (χ2v) is 11.7. The van der Waals surface area contributed by atoms with E-state index in [0.717, 1.165) is 12.8 Å². The molecule has 0 bridgehead atoms. The predicted molar refractivity (Wildman–Crippen MR) is 142 cm³/mol. The predicted octanol–water partition coefficient (Wildman–Crippen LogP) is 9.89. The molecule has 5 aromatic rings. The van der Waals surface area contributed by atoms with Crippen LogP contribution in [0.25, 0.3) is 44.2 Å². The average molecular weight is 548 g/mol. The van der Waals surface area contributed by atoms with Gasteiger partial charge in [-0.05, 0) is 28.7 Å². The molecule has 0 nitrogen and oxygen atoms in total. The standard InChI is InChI=1S/C30H25.2ClH.Zr/c1-2-11-24-18-19-25-20-26(22-12-5-3-6-13-22)21-29(25)30(24)28-17-10-9-16-27(28)23-14-7-4-8-15-23;;;/h3-10,12-21H,2,11H2,1H3;2*1H;/q-1;;;+2/p-2. The van der Waals surface area contributed by atoms with Crippen LogP contribution >= 0.6 is 17.0 Å². The fourth-order valence-electron chi connectivity index (χ4n) is 4.49. The number of aryl methyl sites for hydroxylation is 1. The molecular formula is C30H25Cl2Zr-. The summed E-state index contributed by atoms with van der Waals surface area (Å²) in [5.41, 5.74) is 9.26. The van der Waals surface area contributed by atoms with Crippen LogP contribution < -0.4 is 0 Å². The van der Waals surface area contributed by atoms with Crippen molar-refractivity contribution in [3.8, 4) is 33.4 Å². The quantitative estimate of drug-likeness (QED) is 0.192. The number of benzene rings is 4. The molecule has 0 radical (unpaired) electrons. The topological polar surface area (TPSA) is 0 Å². The zero-order chi connectivity index (χ0) is 23.0. The van der Waals surface area contributed by atoms with E-state index in [2.05, 4.69) is 116 Å². The summed E-state index contributed by atoms with van der Waals surface area (Å²) in [7, 11) is 9.87. The molecule has 0 aliphatic rings. The molecule has 164 valence electrons. The molecule has 3 heteroatoms. The molecule has 0 N–H and O–H groups in total. The first-order chi connectivity index (χ1) is 16.3. The first-order valence-corrected chi connectivity index (χ1v) is 17.5. The van der Waals surface area contributed by atoms with Crippen molar-refractivity contribution >= 4 is 27.8 Å². The minimum absolute atomic E-state index is 0.826. The van der Waals surface area contributed by atoms with Crippen LogP contribution in [-0.2, 0) is 27.3 Å². The van der Waals surface area contributed by atoms with E-state index in [0.29, 0.717) is 0 Å². The van der Waals surface area contributed by atoms with Crippen molar-refractivity contribution in [2.45, 2.75) is 19.8 Å². The van der Waals surface area contributed by atoms with E-state index in [1.807, 2.05) is 0 Å². The van der Waals surface area contributed by atoms with Crippen LogP contribution in [0, 0.1) is 0 Å². The van der Waals surface area contributed by atoms with Crippen LogP contribution in [0.15, 0.2) is 109 Å². The van der Waals surface area contributed by atoms with Gasteiger partial charge in [0.1, 0.15) is 0 Å². The van der Waals surface area contributed by atoms with Gasteiger partial charge in [0.15, 0.2) is 0 Å². The third kappa shape index (κ3) is 5.55. The van der Waals surface area contributed by atoms with Gasteiger partial charge in [-0.15, -0.1) is 34.5 Å². The van der Waals surface area contributed by atoms with E-state index in [4.69, 9.17) is 17.0 Å². The Hall–Kier alpha value is -2.05. The number of rotatable bonds is 5. The molecule has 0 saturated heterocycles. The molecule has 33 heavy (non-hydrogen) atoms. The summed E-state index contributed by atoms with van der Waals surface area (Å²) < 4.78 is 0. The van der Waals surface area contributed by atoms with Crippen molar-refractivity contribution in [2.24, 2.45) is 0 Å². The van der Waals surface area contributed by atoms with Crippen molar-refractivity contribution in [2.75, 3.05) is 0 Å². The van der Waals surface area contributed by atoms with E-state index in [1.165, 1.54) is 49.7 Å². The molecule has 0 unspecified atom stereocenters. The number of halogens is 2. The van der Waals surface area contributed by atoms with Crippen molar-refractivity contribution in [1.82, 2.24) is 0 Å². The summed E-state index contributed by atoms with van der Waals surface area (Å²) >= 11 is -0.826. The van der Waals surface area contributed by atoms with Crippen molar-refractivity contribution < 1.29 is 20.8 Å². The van der Waals surface area contributed by atoms with Gasteiger partial charge >= 0.3 is 37.9 Å². The minimum atomic E-state index is -0.826. The summed E-state index contributed by atoms with van der Waals surface area (Å²) in [5.74, 6) is 0. The van der Waals surface area contributed by atoms with Gasteiger partial charge in [0, 0.05) is 0 Å². The monoisotopic (exact) mass is 545 g/mol. The third-order valence-corrected chi connectivity index (χ3v) is 5.88. The molecule has 0 fully saturated rings. The normalized spacial score (nSPS) is 10.5. The Morgan fingerprint density at radius 3 is 1.91 bits per heavy atom. The van der Waals surface area contributed by atoms with Gasteiger partial charge in [-0.25, -0.2) is 0 Å². The van der Waals surface area contributed by atoms with Crippen molar-refractivity contribution in [3.63, 3.8) is 0 Å². The van der Waals surface area contributed by atoms with Gasteiger partial charge in [-0.1, -0.05) is 115 Å². The summed E-state index contributed by atoms with van der Waals surface area (Å²) in [5, 5.41) is 2.66. The third-order valence-electron chi connectivity index (χ3n) is 5.88. The van der Waals surface area contributed by atoms with Gasteiger partial charge in [0.05, 0.1) is 0 Å². The molecule has 0 aliphatic carbocycles. The van der Waals surface area contributed by atoms with Crippen LogP contribution in [0.4, 0.5) is 0 Å². The Morgan fingerprint density at radius 1 is 0.697 bits per heavy atom. The first kappa shape index (κ1) is 24.1. The van der Waals surface area contributed by atoms with Crippen LogP contribution in [-0.4, -0.2) is 0 Å². The Bertz CT molecular complexity index is 1310. The molecule has 0 heterocycles. The second kappa shape index (κ2) is 11.9. The fraction of sp³-hybridized carbons (Fsp3) is 0.100. The summed E-state index contributed by atoms with van der Waals surface area (Å²) in [4.78, 5) is 0. The molecule has 0 spiro atoms. The zero-order valence-electron chi connectivity index (χ0n) is 18.6. The van der Waals surface area contributed by atoms with E-state index in [9.17, 15) is 0 Å². The Balaban J connectivity index is 0.000000821. The number of hydrogen-bond acceptors (Lipinski definition) is 0. The van der Waals surface area contributed by atoms with E-state index in [-0.39, 0.29) is 0 Å². The molecule has 0 aromatic heterocycles. The summed E-state index contributed by atoms with van der Waals surface area (Å²) in [6.45, 7) is 2.26. The Morgan fingerprint density at radius 2 is 1.27 bits per heavy atom. The Kier molecular flexibility index (Phi) is 8.68. The molecule has 0 amide bonds. The van der Waals surface area contributed by atoms with Gasteiger partial charge < -0.3 is 0 Å². The summed E-state index contributed by atoms with van der Waals surface area (Å²) in [6, 6.07) is 39.6. The van der Waals surface area contributed by atoms with Crippen molar-refractivity contribution in [3.05, 3.63) is 115 Å². The maximum atomic E-state index is 4.93. The average Bonchev–Trinajstić information content (AvgIpc) is 3.30.